The highest BCUT2D eigenvalue weighted by Gasteiger charge is 2.68. The van der Waals surface area contributed by atoms with Crippen molar-refractivity contribution in [3.8, 4) is 0 Å². The van der Waals surface area contributed by atoms with E-state index in [0.29, 0.717) is 5.92 Å². The monoisotopic (exact) mass is 264 g/mol. The predicted molar refractivity (Wildman–Crippen MR) is 71.3 cm³/mol. The second-order valence-electron chi connectivity index (χ2n) is 7.94. The SMILES string of the molecule is CC12CC3C=CC1C(O)C1(CO)CCC1C(O)(C3)C2. The molecule has 0 aromatic heterocycles. The van der Waals surface area contributed by atoms with Crippen molar-refractivity contribution in [2.45, 2.75) is 50.7 Å². The third kappa shape index (κ3) is 1.29. The van der Waals surface area contributed by atoms with Crippen molar-refractivity contribution >= 4 is 0 Å². The fraction of sp³-hybridized carbons (Fsp3) is 0.875. The van der Waals surface area contributed by atoms with Crippen LogP contribution in [-0.2, 0) is 0 Å². The maximum Gasteiger partial charge on any atom is 0.0694 e. The molecule has 3 N–H and O–H groups in total. The highest BCUT2D eigenvalue weighted by atomic mass is 16.3. The quantitative estimate of drug-likeness (QED) is 0.629. The summed E-state index contributed by atoms with van der Waals surface area (Å²) in [5, 5.41) is 32.1. The van der Waals surface area contributed by atoms with Crippen LogP contribution in [-0.4, -0.2) is 33.6 Å². The first kappa shape index (κ1) is 12.4. The standard InChI is InChI=1S/C16H24O3/c1-14-6-10-2-3-11(14)13(18)15(9-17)5-4-12(15)16(19,7-10)8-14/h2-3,10-13,17-19H,4-9H2,1H3. The molecule has 0 heterocycles. The molecular formula is C16H24O3. The molecule has 7 atom stereocenters. The lowest BCUT2D eigenvalue weighted by atomic mass is 9.51. The van der Waals surface area contributed by atoms with Crippen LogP contribution in [0.2, 0.25) is 0 Å². The van der Waals surface area contributed by atoms with Crippen LogP contribution in [0.3, 0.4) is 0 Å². The lowest BCUT2D eigenvalue weighted by molar-refractivity contribution is -0.195. The summed E-state index contributed by atoms with van der Waals surface area (Å²) in [5.74, 6) is 0.613. The topological polar surface area (TPSA) is 60.7 Å². The highest BCUT2D eigenvalue weighted by molar-refractivity contribution is 5.24. The minimum Gasteiger partial charge on any atom is -0.396 e. The molecule has 3 fully saturated rings. The number of rotatable bonds is 1. The van der Waals surface area contributed by atoms with Crippen molar-refractivity contribution in [3.63, 3.8) is 0 Å². The normalized spacial score (nSPS) is 62.3. The first-order valence-electron chi connectivity index (χ1n) is 7.63. The van der Waals surface area contributed by atoms with E-state index in [1.54, 1.807) is 0 Å². The van der Waals surface area contributed by atoms with E-state index in [1.165, 1.54) is 0 Å². The van der Waals surface area contributed by atoms with Gasteiger partial charge in [-0.3, -0.25) is 0 Å². The van der Waals surface area contributed by atoms with E-state index in [-0.39, 0.29) is 23.9 Å². The molecule has 19 heavy (non-hydrogen) atoms. The molecule has 0 aliphatic heterocycles. The van der Waals surface area contributed by atoms with Gasteiger partial charge in [-0.1, -0.05) is 19.1 Å². The van der Waals surface area contributed by atoms with Crippen molar-refractivity contribution in [2.75, 3.05) is 6.61 Å². The number of fused-ring (bicyclic) bond motifs is 4. The fourth-order valence-electron chi connectivity index (χ4n) is 6.08. The third-order valence-electron chi connectivity index (χ3n) is 6.91. The molecule has 3 nitrogen and oxygen atoms in total. The summed E-state index contributed by atoms with van der Waals surface area (Å²) in [5.41, 5.74) is -1.15. The molecule has 4 aliphatic rings. The molecule has 3 bridgehead atoms. The van der Waals surface area contributed by atoms with Gasteiger partial charge in [-0.2, -0.15) is 0 Å². The van der Waals surface area contributed by atoms with Crippen molar-refractivity contribution in [1.29, 1.82) is 0 Å². The van der Waals surface area contributed by atoms with Crippen molar-refractivity contribution < 1.29 is 15.3 Å². The van der Waals surface area contributed by atoms with Crippen molar-refractivity contribution in [3.05, 3.63) is 12.2 Å². The molecule has 106 valence electrons. The van der Waals surface area contributed by atoms with Crippen LogP contribution in [0.25, 0.3) is 0 Å². The van der Waals surface area contributed by atoms with Gasteiger partial charge in [0.25, 0.3) is 0 Å². The zero-order valence-electron chi connectivity index (χ0n) is 11.5. The van der Waals surface area contributed by atoms with E-state index in [2.05, 4.69) is 19.1 Å². The summed E-state index contributed by atoms with van der Waals surface area (Å²) in [7, 11) is 0. The van der Waals surface area contributed by atoms with Gasteiger partial charge < -0.3 is 15.3 Å². The lowest BCUT2D eigenvalue weighted by Crippen LogP contribution is -2.60. The van der Waals surface area contributed by atoms with Crippen molar-refractivity contribution in [2.24, 2.45) is 28.6 Å². The molecule has 0 aromatic rings. The van der Waals surface area contributed by atoms with E-state index in [1.807, 2.05) is 0 Å². The minimum atomic E-state index is -0.681. The van der Waals surface area contributed by atoms with E-state index in [9.17, 15) is 15.3 Å². The third-order valence-corrected chi connectivity index (χ3v) is 6.91. The molecular weight excluding hydrogens is 240 g/mol. The highest BCUT2D eigenvalue weighted by Crippen LogP contribution is 2.68. The zero-order chi connectivity index (χ0) is 13.5. The Labute approximate surface area is 114 Å². The van der Waals surface area contributed by atoms with Gasteiger partial charge in [0.15, 0.2) is 0 Å². The van der Waals surface area contributed by atoms with E-state index in [0.717, 1.165) is 32.1 Å². The summed E-state index contributed by atoms with van der Waals surface area (Å²) in [6.07, 6.45) is 8.34. The fourth-order valence-corrected chi connectivity index (χ4v) is 6.08. The Morgan fingerprint density at radius 2 is 2.05 bits per heavy atom. The summed E-state index contributed by atoms with van der Waals surface area (Å²) >= 11 is 0. The molecule has 4 rings (SSSR count). The van der Waals surface area contributed by atoms with Gasteiger partial charge in [-0.05, 0) is 49.4 Å². The first-order chi connectivity index (χ1) is 8.94. The van der Waals surface area contributed by atoms with Gasteiger partial charge in [0.1, 0.15) is 0 Å². The zero-order valence-corrected chi connectivity index (χ0v) is 11.5. The van der Waals surface area contributed by atoms with Crippen molar-refractivity contribution in [1.82, 2.24) is 0 Å². The largest absolute Gasteiger partial charge is 0.396 e. The summed E-state index contributed by atoms with van der Waals surface area (Å²) in [6.45, 7) is 2.23. The molecule has 4 aliphatic carbocycles. The van der Waals surface area contributed by atoms with Crippen LogP contribution in [0.4, 0.5) is 0 Å². The molecule has 0 saturated heterocycles. The molecule has 0 amide bonds. The summed E-state index contributed by atoms with van der Waals surface area (Å²) in [4.78, 5) is 0. The van der Waals surface area contributed by atoms with Crippen LogP contribution in [0, 0.1) is 28.6 Å². The maximum atomic E-state index is 11.2. The van der Waals surface area contributed by atoms with Crippen LogP contribution < -0.4 is 0 Å². The number of hydrogen-bond donors (Lipinski definition) is 3. The van der Waals surface area contributed by atoms with Crippen LogP contribution in [0.5, 0.6) is 0 Å². The Kier molecular flexibility index (Phi) is 2.24. The second-order valence-corrected chi connectivity index (χ2v) is 7.94. The Balaban J connectivity index is 1.90. The van der Waals surface area contributed by atoms with Gasteiger partial charge in [-0.15, -0.1) is 0 Å². The predicted octanol–water partition coefficient (Wildman–Crippen LogP) is 1.47. The van der Waals surface area contributed by atoms with Crippen LogP contribution in [0.1, 0.15) is 39.0 Å². The van der Waals surface area contributed by atoms with E-state index in [4.69, 9.17) is 0 Å². The Bertz CT molecular complexity index is 443. The van der Waals surface area contributed by atoms with Gasteiger partial charge in [-0.25, -0.2) is 0 Å². The van der Waals surface area contributed by atoms with E-state index >= 15 is 0 Å². The molecule has 0 spiro atoms. The molecule has 3 saturated carbocycles. The number of aliphatic hydroxyl groups excluding tert-OH is 2. The average Bonchev–Trinajstić information content (AvgIpc) is 2.26. The van der Waals surface area contributed by atoms with Gasteiger partial charge in [0.05, 0.1) is 18.3 Å². The number of allylic oxidation sites excluding steroid dienone is 1. The summed E-state index contributed by atoms with van der Waals surface area (Å²) in [6, 6.07) is 0. The molecule has 0 aromatic carbocycles. The lowest BCUT2D eigenvalue weighted by Gasteiger charge is -2.57. The number of aliphatic hydroxyl groups is 3. The molecule has 7 unspecified atom stereocenters. The minimum absolute atomic E-state index is 0.00618. The van der Waals surface area contributed by atoms with E-state index < -0.39 is 17.1 Å². The Morgan fingerprint density at radius 3 is 2.68 bits per heavy atom. The van der Waals surface area contributed by atoms with Gasteiger partial charge in [0.2, 0.25) is 0 Å². The van der Waals surface area contributed by atoms with Gasteiger partial charge >= 0.3 is 0 Å². The maximum absolute atomic E-state index is 11.2. The molecule has 0 radical (unpaired) electrons. The van der Waals surface area contributed by atoms with Gasteiger partial charge in [0, 0.05) is 11.3 Å². The van der Waals surface area contributed by atoms with Crippen LogP contribution in [0.15, 0.2) is 12.2 Å². The Morgan fingerprint density at radius 1 is 1.26 bits per heavy atom. The molecule has 3 heteroatoms. The second kappa shape index (κ2) is 3.44. The average molecular weight is 264 g/mol. The Hall–Kier alpha value is -0.380. The smallest absolute Gasteiger partial charge is 0.0694 e. The summed E-state index contributed by atoms with van der Waals surface area (Å²) < 4.78 is 0. The first-order valence-corrected chi connectivity index (χ1v) is 7.63. The number of hydrogen-bond acceptors (Lipinski definition) is 3. The van der Waals surface area contributed by atoms with Crippen LogP contribution >= 0.6 is 0 Å².